The molecule has 1 fully saturated rings. The molecule has 0 spiro atoms. The van der Waals surface area contributed by atoms with E-state index in [4.69, 9.17) is 5.73 Å². The maximum absolute atomic E-state index is 12.1. The second-order valence-corrected chi connectivity index (χ2v) is 7.40. The van der Waals surface area contributed by atoms with E-state index in [2.05, 4.69) is 10.0 Å². The Morgan fingerprint density at radius 3 is 2.57 bits per heavy atom. The number of anilines is 1. The number of carbonyl (C=O) groups excluding carboxylic acids is 1. The minimum atomic E-state index is -3.52. The monoisotopic (exact) mass is 311 g/mol. The van der Waals surface area contributed by atoms with E-state index in [0.29, 0.717) is 5.69 Å². The lowest BCUT2D eigenvalue weighted by Gasteiger charge is -2.15. The van der Waals surface area contributed by atoms with Crippen molar-refractivity contribution >= 4 is 21.6 Å². The summed E-state index contributed by atoms with van der Waals surface area (Å²) in [7, 11) is -3.52. The first-order valence-electron chi connectivity index (χ1n) is 6.98. The van der Waals surface area contributed by atoms with Gasteiger partial charge in [0.2, 0.25) is 15.9 Å². The van der Waals surface area contributed by atoms with Crippen molar-refractivity contribution in [3.63, 3.8) is 0 Å². The fourth-order valence-corrected chi connectivity index (χ4v) is 3.11. The molecular weight excluding hydrogens is 290 g/mol. The van der Waals surface area contributed by atoms with Crippen molar-refractivity contribution in [2.45, 2.75) is 43.7 Å². The molecule has 4 N–H and O–H groups in total. The second-order valence-electron chi connectivity index (χ2n) is 5.68. The maximum Gasteiger partial charge on any atom is 0.241 e. The predicted molar refractivity (Wildman–Crippen MR) is 81.2 cm³/mol. The number of rotatable bonds is 6. The summed E-state index contributed by atoms with van der Waals surface area (Å²) in [6, 6.07) is 5.59. The van der Waals surface area contributed by atoms with Crippen molar-refractivity contribution < 1.29 is 13.2 Å². The molecule has 116 valence electrons. The van der Waals surface area contributed by atoms with Crippen LogP contribution in [-0.2, 0) is 14.8 Å². The molecule has 0 heterocycles. The quantitative estimate of drug-likeness (QED) is 0.731. The molecule has 0 radical (unpaired) electrons. The van der Waals surface area contributed by atoms with Gasteiger partial charge in [-0.05, 0) is 37.0 Å². The van der Waals surface area contributed by atoms with Crippen LogP contribution in [0.1, 0.15) is 26.7 Å². The molecule has 1 atom stereocenters. The van der Waals surface area contributed by atoms with Crippen molar-refractivity contribution in [3.8, 4) is 0 Å². The number of carbonyl (C=O) groups is 1. The van der Waals surface area contributed by atoms with Gasteiger partial charge >= 0.3 is 0 Å². The summed E-state index contributed by atoms with van der Waals surface area (Å²) in [6.07, 6.45) is 1.75. The number of hydrogen-bond acceptors (Lipinski definition) is 4. The molecule has 0 saturated heterocycles. The number of benzene rings is 1. The van der Waals surface area contributed by atoms with Gasteiger partial charge in [-0.25, -0.2) is 13.1 Å². The highest BCUT2D eigenvalue weighted by molar-refractivity contribution is 7.89. The van der Waals surface area contributed by atoms with E-state index in [1.165, 1.54) is 12.1 Å². The Kier molecular flexibility index (Phi) is 4.65. The summed E-state index contributed by atoms with van der Waals surface area (Å²) in [4.78, 5) is 12.0. The summed E-state index contributed by atoms with van der Waals surface area (Å²) >= 11 is 0. The third-order valence-electron chi connectivity index (χ3n) is 3.33. The van der Waals surface area contributed by atoms with Gasteiger partial charge in [0.25, 0.3) is 0 Å². The van der Waals surface area contributed by atoms with Gasteiger partial charge in [-0.15, -0.1) is 0 Å². The number of nitrogens with two attached hydrogens (primary N) is 1. The molecule has 7 heteroatoms. The van der Waals surface area contributed by atoms with Gasteiger partial charge in [0, 0.05) is 11.7 Å². The fourth-order valence-electron chi connectivity index (χ4n) is 1.76. The van der Waals surface area contributed by atoms with Crippen molar-refractivity contribution in [2.75, 3.05) is 5.32 Å². The average molecular weight is 311 g/mol. The third kappa shape index (κ3) is 4.26. The van der Waals surface area contributed by atoms with Crippen LogP contribution in [0, 0.1) is 5.92 Å². The van der Waals surface area contributed by atoms with Crippen LogP contribution < -0.4 is 15.8 Å². The summed E-state index contributed by atoms with van der Waals surface area (Å²) in [5.74, 6) is -0.317. The van der Waals surface area contributed by atoms with Gasteiger partial charge in [0.05, 0.1) is 10.9 Å². The van der Waals surface area contributed by atoms with Gasteiger partial charge in [0.15, 0.2) is 0 Å². The first-order chi connectivity index (χ1) is 9.79. The first-order valence-corrected chi connectivity index (χ1v) is 8.47. The molecule has 0 bridgehead atoms. The number of amides is 1. The molecule has 1 saturated carbocycles. The minimum absolute atomic E-state index is 0.00782. The maximum atomic E-state index is 12.1. The number of nitrogens with one attached hydrogen (secondary N) is 2. The molecule has 1 aliphatic carbocycles. The summed E-state index contributed by atoms with van der Waals surface area (Å²) in [5, 5.41) is 2.65. The average Bonchev–Trinajstić information content (AvgIpc) is 3.21. The van der Waals surface area contributed by atoms with Crippen molar-refractivity contribution in [1.82, 2.24) is 4.72 Å². The molecule has 2 rings (SSSR count). The molecule has 0 aromatic heterocycles. The summed E-state index contributed by atoms with van der Waals surface area (Å²) in [5.41, 5.74) is 6.19. The lowest BCUT2D eigenvalue weighted by Crippen LogP contribution is -2.39. The highest BCUT2D eigenvalue weighted by Gasteiger charge is 2.28. The topological polar surface area (TPSA) is 101 Å². The molecular formula is C14H21N3O3S. The minimum Gasteiger partial charge on any atom is -0.325 e. The van der Waals surface area contributed by atoms with Crippen molar-refractivity contribution in [3.05, 3.63) is 24.3 Å². The fraction of sp³-hybridized carbons (Fsp3) is 0.500. The van der Waals surface area contributed by atoms with E-state index >= 15 is 0 Å². The largest absolute Gasteiger partial charge is 0.325 e. The van der Waals surface area contributed by atoms with E-state index in [1.54, 1.807) is 12.1 Å². The normalized spacial score (nSPS) is 16.8. The SMILES string of the molecule is CC(C)C(N)C(=O)Nc1cccc(S(=O)(=O)NC2CC2)c1. The highest BCUT2D eigenvalue weighted by atomic mass is 32.2. The molecule has 1 unspecified atom stereocenters. The Bertz CT molecular complexity index is 624. The van der Waals surface area contributed by atoms with Gasteiger partial charge in [-0.1, -0.05) is 19.9 Å². The van der Waals surface area contributed by atoms with Crippen LogP contribution in [0.15, 0.2) is 29.2 Å². The Balaban J connectivity index is 2.12. The molecule has 6 nitrogen and oxygen atoms in total. The van der Waals surface area contributed by atoms with Crippen LogP contribution in [0.5, 0.6) is 0 Å². The molecule has 1 amide bonds. The molecule has 1 aromatic rings. The lowest BCUT2D eigenvalue weighted by molar-refractivity contribution is -0.118. The Labute approximate surface area is 125 Å². The number of hydrogen-bond donors (Lipinski definition) is 3. The second kappa shape index (κ2) is 6.13. The first kappa shape index (κ1) is 15.9. The zero-order valence-electron chi connectivity index (χ0n) is 12.2. The molecule has 1 aromatic carbocycles. The van der Waals surface area contributed by atoms with Crippen LogP contribution in [0.4, 0.5) is 5.69 Å². The molecule has 0 aliphatic heterocycles. The zero-order valence-corrected chi connectivity index (χ0v) is 13.0. The van der Waals surface area contributed by atoms with Crippen molar-refractivity contribution in [2.24, 2.45) is 11.7 Å². The van der Waals surface area contributed by atoms with Crippen molar-refractivity contribution in [1.29, 1.82) is 0 Å². The number of sulfonamides is 1. The Morgan fingerprint density at radius 2 is 2.00 bits per heavy atom. The van der Waals surface area contributed by atoms with Crippen LogP contribution >= 0.6 is 0 Å². The van der Waals surface area contributed by atoms with Gasteiger partial charge < -0.3 is 11.1 Å². The third-order valence-corrected chi connectivity index (χ3v) is 4.85. The molecule has 21 heavy (non-hydrogen) atoms. The van der Waals surface area contributed by atoms with E-state index in [-0.39, 0.29) is 22.8 Å². The Hall–Kier alpha value is -1.44. The highest BCUT2D eigenvalue weighted by Crippen LogP contribution is 2.23. The summed E-state index contributed by atoms with van der Waals surface area (Å²) < 4.78 is 26.8. The van der Waals surface area contributed by atoms with Crippen LogP contribution in [-0.4, -0.2) is 26.4 Å². The zero-order chi connectivity index (χ0) is 15.6. The van der Waals surface area contributed by atoms with E-state index < -0.39 is 16.1 Å². The summed E-state index contributed by atoms with van der Waals surface area (Å²) in [6.45, 7) is 3.70. The van der Waals surface area contributed by atoms with Crippen LogP contribution in [0.3, 0.4) is 0 Å². The smallest absolute Gasteiger partial charge is 0.241 e. The van der Waals surface area contributed by atoms with E-state index in [0.717, 1.165) is 12.8 Å². The standard InChI is InChI=1S/C14H21N3O3S/c1-9(2)13(15)14(18)16-11-4-3-5-12(8-11)21(19,20)17-10-6-7-10/h3-5,8-10,13,17H,6-7,15H2,1-2H3,(H,16,18). The van der Waals surface area contributed by atoms with Crippen LogP contribution in [0.2, 0.25) is 0 Å². The predicted octanol–water partition coefficient (Wildman–Crippen LogP) is 1.05. The van der Waals surface area contributed by atoms with E-state index in [1.807, 2.05) is 13.8 Å². The van der Waals surface area contributed by atoms with Gasteiger partial charge in [0.1, 0.15) is 0 Å². The lowest BCUT2D eigenvalue weighted by atomic mass is 10.1. The van der Waals surface area contributed by atoms with E-state index in [9.17, 15) is 13.2 Å². The Morgan fingerprint density at radius 1 is 1.33 bits per heavy atom. The molecule has 1 aliphatic rings. The van der Waals surface area contributed by atoms with Gasteiger partial charge in [-0.3, -0.25) is 4.79 Å². The van der Waals surface area contributed by atoms with Crippen LogP contribution in [0.25, 0.3) is 0 Å². The van der Waals surface area contributed by atoms with Gasteiger partial charge in [-0.2, -0.15) is 0 Å².